The molecule has 0 radical (unpaired) electrons. The molecular formula is C15H12Cl2O. The quantitative estimate of drug-likeness (QED) is 0.837. The molecule has 0 amide bonds. The second-order valence-corrected chi connectivity index (χ2v) is 5.62. The summed E-state index contributed by atoms with van der Waals surface area (Å²) in [6, 6.07) is 13.3. The van der Waals surface area contributed by atoms with Gasteiger partial charge in [0.05, 0.1) is 5.60 Å². The molecule has 1 N–H and O–H groups in total. The van der Waals surface area contributed by atoms with Crippen LogP contribution in [0.15, 0.2) is 42.5 Å². The van der Waals surface area contributed by atoms with Crippen molar-refractivity contribution in [2.75, 3.05) is 0 Å². The summed E-state index contributed by atoms with van der Waals surface area (Å²) >= 11 is 12.2. The topological polar surface area (TPSA) is 20.2 Å². The highest BCUT2D eigenvalue weighted by molar-refractivity contribution is 6.33. The monoisotopic (exact) mass is 278 g/mol. The van der Waals surface area contributed by atoms with E-state index < -0.39 is 5.60 Å². The largest absolute Gasteiger partial charge is 0.384 e. The first kappa shape index (κ1) is 12.0. The van der Waals surface area contributed by atoms with Crippen LogP contribution in [0.3, 0.4) is 0 Å². The lowest BCUT2D eigenvalue weighted by atomic mass is 9.91. The fourth-order valence-electron chi connectivity index (χ4n) is 2.64. The van der Waals surface area contributed by atoms with E-state index >= 15 is 0 Å². The number of rotatable bonds is 1. The van der Waals surface area contributed by atoms with Gasteiger partial charge < -0.3 is 5.11 Å². The third kappa shape index (κ3) is 1.93. The van der Waals surface area contributed by atoms with Crippen LogP contribution in [0.5, 0.6) is 0 Å². The Balaban J connectivity index is 2.06. The Hall–Kier alpha value is -1.02. The van der Waals surface area contributed by atoms with E-state index in [1.807, 2.05) is 24.3 Å². The first-order valence-corrected chi connectivity index (χ1v) is 6.59. The summed E-state index contributed by atoms with van der Waals surface area (Å²) in [5, 5.41) is 12.0. The lowest BCUT2D eigenvalue weighted by molar-refractivity contribution is 0.0483. The molecule has 1 nitrogen and oxygen atoms in total. The van der Waals surface area contributed by atoms with Gasteiger partial charge in [0.25, 0.3) is 0 Å². The summed E-state index contributed by atoms with van der Waals surface area (Å²) in [6.07, 6.45) is 1.17. The number of benzene rings is 2. The van der Waals surface area contributed by atoms with Crippen molar-refractivity contribution in [3.63, 3.8) is 0 Å². The molecule has 1 aliphatic carbocycles. The van der Waals surface area contributed by atoms with Crippen LogP contribution in [0.4, 0.5) is 0 Å². The second kappa shape index (κ2) is 4.27. The molecule has 0 saturated carbocycles. The van der Waals surface area contributed by atoms with Gasteiger partial charge in [0.2, 0.25) is 0 Å². The van der Waals surface area contributed by atoms with Crippen LogP contribution in [0.25, 0.3) is 0 Å². The van der Waals surface area contributed by atoms with Crippen molar-refractivity contribution in [1.82, 2.24) is 0 Å². The molecule has 2 aromatic rings. The fraction of sp³-hybridized carbons (Fsp3) is 0.200. The minimum absolute atomic E-state index is 0.565. The van der Waals surface area contributed by atoms with Crippen molar-refractivity contribution in [1.29, 1.82) is 0 Å². The smallest absolute Gasteiger partial charge is 0.0991 e. The Bertz CT molecular complexity index is 582. The summed E-state index contributed by atoms with van der Waals surface area (Å²) in [6.45, 7) is 0. The average molecular weight is 279 g/mol. The molecule has 0 aromatic heterocycles. The van der Waals surface area contributed by atoms with Gasteiger partial charge >= 0.3 is 0 Å². The number of hydrogen-bond acceptors (Lipinski definition) is 1. The molecule has 18 heavy (non-hydrogen) atoms. The van der Waals surface area contributed by atoms with E-state index in [9.17, 15) is 5.11 Å². The van der Waals surface area contributed by atoms with E-state index in [-0.39, 0.29) is 0 Å². The molecule has 1 aliphatic rings. The van der Waals surface area contributed by atoms with Crippen molar-refractivity contribution in [3.05, 3.63) is 69.2 Å². The van der Waals surface area contributed by atoms with E-state index in [2.05, 4.69) is 0 Å². The van der Waals surface area contributed by atoms with Gasteiger partial charge in [0.1, 0.15) is 0 Å². The van der Waals surface area contributed by atoms with Gasteiger partial charge in [-0.1, -0.05) is 47.5 Å². The first-order chi connectivity index (χ1) is 8.58. The second-order valence-electron chi connectivity index (χ2n) is 4.78. The van der Waals surface area contributed by atoms with Gasteiger partial charge in [0, 0.05) is 28.5 Å². The van der Waals surface area contributed by atoms with Gasteiger partial charge in [0.15, 0.2) is 0 Å². The number of hydrogen-bond donors (Lipinski definition) is 1. The summed E-state index contributed by atoms with van der Waals surface area (Å²) in [5.74, 6) is 0. The molecule has 0 heterocycles. The predicted octanol–water partition coefficient (Wildman–Crippen LogP) is 3.98. The lowest BCUT2D eigenvalue weighted by Crippen LogP contribution is -2.26. The molecule has 0 spiro atoms. The van der Waals surface area contributed by atoms with Gasteiger partial charge in [-0.25, -0.2) is 0 Å². The van der Waals surface area contributed by atoms with Crippen molar-refractivity contribution in [2.24, 2.45) is 0 Å². The van der Waals surface area contributed by atoms with Gasteiger partial charge in [-0.05, 0) is 29.3 Å². The average Bonchev–Trinajstić information content (AvgIpc) is 2.69. The van der Waals surface area contributed by atoms with Crippen molar-refractivity contribution >= 4 is 23.2 Å². The summed E-state index contributed by atoms with van der Waals surface area (Å²) < 4.78 is 0. The molecule has 3 rings (SSSR count). The van der Waals surface area contributed by atoms with Crippen molar-refractivity contribution < 1.29 is 5.11 Å². The number of fused-ring (bicyclic) bond motifs is 1. The minimum Gasteiger partial charge on any atom is -0.384 e. The van der Waals surface area contributed by atoms with E-state index in [0.29, 0.717) is 28.5 Å². The Kier molecular flexibility index (Phi) is 2.86. The normalized spacial score (nSPS) is 16.6. The Morgan fingerprint density at radius 2 is 1.56 bits per heavy atom. The van der Waals surface area contributed by atoms with Crippen LogP contribution in [-0.2, 0) is 18.4 Å². The molecule has 0 atom stereocenters. The molecule has 0 unspecified atom stereocenters. The maximum absolute atomic E-state index is 10.8. The van der Waals surface area contributed by atoms with Crippen molar-refractivity contribution in [3.8, 4) is 0 Å². The number of aliphatic hydroxyl groups is 1. The van der Waals surface area contributed by atoms with E-state index in [1.54, 1.807) is 18.2 Å². The van der Waals surface area contributed by atoms with Crippen LogP contribution in [-0.4, -0.2) is 5.11 Å². The summed E-state index contributed by atoms with van der Waals surface area (Å²) in [5.41, 5.74) is 2.13. The Morgan fingerprint density at radius 3 is 2.17 bits per heavy atom. The van der Waals surface area contributed by atoms with Crippen LogP contribution in [0.2, 0.25) is 10.0 Å². The highest BCUT2D eigenvalue weighted by atomic mass is 35.5. The van der Waals surface area contributed by atoms with Gasteiger partial charge in [-0.15, -0.1) is 0 Å². The molecular weight excluding hydrogens is 267 g/mol. The van der Waals surface area contributed by atoms with E-state index in [4.69, 9.17) is 23.2 Å². The SMILES string of the molecule is OC1(c2cc(Cl)ccc2Cl)Cc2ccccc2C1. The van der Waals surface area contributed by atoms with Gasteiger partial charge in [-0.3, -0.25) is 0 Å². The maximum atomic E-state index is 10.8. The Morgan fingerprint density at radius 1 is 0.944 bits per heavy atom. The van der Waals surface area contributed by atoms with Crippen LogP contribution < -0.4 is 0 Å². The highest BCUT2D eigenvalue weighted by Gasteiger charge is 2.38. The molecule has 0 saturated heterocycles. The van der Waals surface area contributed by atoms with Crippen LogP contribution in [0.1, 0.15) is 16.7 Å². The third-order valence-corrected chi connectivity index (χ3v) is 4.08. The maximum Gasteiger partial charge on any atom is 0.0991 e. The molecule has 92 valence electrons. The molecule has 0 fully saturated rings. The molecule has 2 aromatic carbocycles. The zero-order chi connectivity index (χ0) is 12.8. The standard InChI is InChI=1S/C15H12Cl2O/c16-12-5-6-14(17)13(7-12)15(18)8-10-3-1-2-4-11(10)9-15/h1-7,18H,8-9H2. The molecule has 3 heteroatoms. The lowest BCUT2D eigenvalue weighted by Gasteiger charge is -2.24. The van der Waals surface area contributed by atoms with Crippen LogP contribution in [0, 0.1) is 0 Å². The zero-order valence-electron chi connectivity index (χ0n) is 9.66. The molecule has 0 aliphatic heterocycles. The van der Waals surface area contributed by atoms with Crippen molar-refractivity contribution in [2.45, 2.75) is 18.4 Å². The minimum atomic E-state index is -0.939. The highest BCUT2D eigenvalue weighted by Crippen LogP contribution is 2.41. The first-order valence-electron chi connectivity index (χ1n) is 5.83. The summed E-state index contributed by atoms with van der Waals surface area (Å²) in [4.78, 5) is 0. The van der Waals surface area contributed by atoms with Crippen LogP contribution >= 0.6 is 23.2 Å². The van der Waals surface area contributed by atoms with E-state index in [0.717, 1.165) is 0 Å². The summed E-state index contributed by atoms with van der Waals surface area (Å²) in [7, 11) is 0. The Labute approximate surface area is 116 Å². The third-order valence-electron chi connectivity index (χ3n) is 3.51. The number of halogens is 2. The fourth-order valence-corrected chi connectivity index (χ4v) is 3.11. The van der Waals surface area contributed by atoms with E-state index in [1.165, 1.54) is 11.1 Å². The van der Waals surface area contributed by atoms with Gasteiger partial charge in [-0.2, -0.15) is 0 Å². The predicted molar refractivity (Wildman–Crippen MR) is 74.2 cm³/mol. The zero-order valence-corrected chi connectivity index (χ0v) is 11.2. The molecule has 0 bridgehead atoms.